The van der Waals surface area contributed by atoms with E-state index in [0.29, 0.717) is 22.5 Å². The minimum absolute atomic E-state index is 0.0939. The summed E-state index contributed by atoms with van der Waals surface area (Å²) in [5, 5.41) is 5.76. The van der Waals surface area contributed by atoms with Crippen LogP contribution in [0.1, 0.15) is 51.4 Å². The van der Waals surface area contributed by atoms with Gasteiger partial charge in [0, 0.05) is 40.3 Å². The highest BCUT2D eigenvalue weighted by molar-refractivity contribution is 9.10. The number of alkyl halides is 3. The average molecular weight is 653 g/mol. The van der Waals surface area contributed by atoms with Crippen molar-refractivity contribution in [3.8, 4) is 5.69 Å². The van der Waals surface area contributed by atoms with Crippen molar-refractivity contribution >= 4 is 45.3 Å². The molecule has 0 radical (unpaired) electrons. The Labute approximate surface area is 247 Å². The maximum atomic E-state index is 13.9. The van der Waals surface area contributed by atoms with Crippen molar-refractivity contribution in [2.75, 3.05) is 12.4 Å². The summed E-state index contributed by atoms with van der Waals surface area (Å²) in [4.78, 5) is 45.4. The molecule has 0 saturated heterocycles. The van der Waals surface area contributed by atoms with Crippen molar-refractivity contribution in [1.82, 2.24) is 19.8 Å². The fraction of sp³-hybridized carbons (Fsp3) is 0.286. The zero-order valence-electron chi connectivity index (χ0n) is 22.3. The summed E-state index contributed by atoms with van der Waals surface area (Å²) in [6.45, 7) is 7.17. The van der Waals surface area contributed by atoms with Crippen molar-refractivity contribution in [2.24, 2.45) is 0 Å². The molecule has 1 aliphatic rings. The van der Waals surface area contributed by atoms with Gasteiger partial charge in [-0.1, -0.05) is 33.6 Å². The number of halogens is 5. The Balaban J connectivity index is 1.80. The van der Waals surface area contributed by atoms with Gasteiger partial charge in [-0.05, 0) is 56.7 Å². The Bertz CT molecular complexity index is 1610. The van der Waals surface area contributed by atoms with Crippen LogP contribution in [0.25, 0.3) is 5.69 Å². The van der Waals surface area contributed by atoms with Gasteiger partial charge in [0.1, 0.15) is 0 Å². The Morgan fingerprint density at radius 1 is 1.22 bits per heavy atom. The molecule has 1 aromatic heterocycles. The Morgan fingerprint density at radius 3 is 2.51 bits per heavy atom. The quantitative estimate of drug-likeness (QED) is 0.338. The summed E-state index contributed by atoms with van der Waals surface area (Å²) in [7, 11) is 1.49. The number of anilines is 1. The molecule has 216 valence electrons. The number of amides is 2. The summed E-state index contributed by atoms with van der Waals surface area (Å²) in [5.41, 5.74) is -0.272. The van der Waals surface area contributed by atoms with Gasteiger partial charge in [-0.15, -0.1) is 6.58 Å². The second-order valence-electron chi connectivity index (χ2n) is 9.59. The third-order valence-electron chi connectivity index (χ3n) is 6.78. The molecule has 2 atom stereocenters. The van der Waals surface area contributed by atoms with Gasteiger partial charge in [0.2, 0.25) is 5.95 Å². The van der Waals surface area contributed by atoms with Gasteiger partial charge in [-0.3, -0.25) is 14.4 Å². The lowest BCUT2D eigenvalue weighted by Crippen LogP contribution is -2.46. The topological polar surface area (TPSA) is 96.3 Å². The summed E-state index contributed by atoms with van der Waals surface area (Å²) in [6.07, 6.45) is -2.93. The number of hydrogen-bond donors (Lipinski definition) is 2. The van der Waals surface area contributed by atoms with Gasteiger partial charge >= 0.3 is 6.18 Å². The van der Waals surface area contributed by atoms with E-state index in [2.05, 4.69) is 38.1 Å². The molecule has 0 bridgehead atoms. The van der Waals surface area contributed by atoms with Gasteiger partial charge < -0.3 is 15.5 Å². The first-order valence-electron chi connectivity index (χ1n) is 12.5. The molecule has 2 amide bonds. The largest absolute Gasteiger partial charge is 0.417 e. The van der Waals surface area contributed by atoms with Crippen LogP contribution in [0, 0.1) is 0 Å². The second-order valence-corrected chi connectivity index (χ2v) is 10.9. The Kier molecular flexibility index (Phi) is 8.65. The fourth-order valence-electron chi connectivity index (χ4n) is 4.53. The van der Waals surface area contributed by atoms with Crippen LogP contribution in [0.2, 0.25) is 5.02 Å². The first-order valence-corrected chi connectivity index (χ1v) is 13.7. The smallest absolute Gasteiger partial charge is 0.355 e. The number of rotatable bonds is 6. The van der Waals surface area contributed by atoms with Crippen molar-refractivity contribution < 1.29 is 22.8 Å². The van der Waals surface area contributed by atoms with Gasteiger partial charge in [-0.25, -0.2) is 9.55 Å². The lowest BCUT2D eigenvalue weighted by molar-refractivity contribution is -0.138. The molecule has 2 aromatic carbocycles. The Morgan fingerprint density at radius 2 is 1.90 bits per heavy atom. The zero-order valence-corrected chi connectivity index (χ0v) is 24.6. The number of nitrogens with zero attached hydrogens (tertiary/aromatic N) is 3. The predicted molar refractivity (Wildman–Crippen MR) is 154 cm³/mol. The molecule has 3 aromatic rings. The van der Waals surface area contributed by atoms with Crippen LogP contribution in [0.5, 0.6) is 0 Å². The molecule has 0 fully saturated rings. The van der Waals surface area contributed by atoms with Crippen molar-refractivity contribution in [1.29, 1.82) is 0 Å². The van der Waals surface area contributed by atoms with Crippen LogP contribution in [-0.4, -0.2) is 45.4 Å². The molecule has 1 aliphatic heterocycles. The van der Waals surface area contributed by atoms with E-state index < -0.39 is 29.2 Å². The predicted octanol–water partition coefficient (Wildman–Crippen LogP) is 5.60. The van der Waals surface area contributed by atoms with Gasteiger partial charge in [0.15, 0.2) is 0 Å². The molecule has 41 heavy (non-hydrogen) atoms. The van der Waals surface area contributed by atoms with E-state index in [0.717, 1.165) is 6.07 Å². The highest BCUT2D eigenvalue weighted by atomic mass is 79.9. The number of carbonyl (C=O) groups is 2. The van der Waals surface area contributed by atoms with E-state index in [1.54, 1.807) is 26.0 Å². The van der Waals surface area contributed by atoms with E-state index >= 15 is 0 Å². The van der Waals surface area contributed by atoms with Crippen LogP contribution in [0.3, 0.4) is 0 Å². The van der Waals surface area contributed by atoms with Gasteiger partial charge in [-0.2, -0.15) is 13.2 Å². The van der Waals surface area contributed by atoms with Crippen molar-refractivity contribution in [3.05, 3.63) is 96.9 Å². The lowest BCUT2D eigenvalue weighted by Gasteiger charge is -2.35. The molecule has 0 unspecified atom stereocenters. The number of benzene rings is 2. The van der Waals surface area contributed by atoms with Crippen LogP contribution in [0.4, 0.5) is 19.1 Å². The minimum Gasteiger partial charge on any atom is -0.355 e. The maximum absolute atomic E-state index is 13.9. The second kappa shape index (κ2) is 11.7. The molecular weight excluding hydrogens is 627 g/mol. The number of hydrogen-bond acceptors (Lipinski definition) is 5. The molecule has 0 aliphatic carbocycles. The van der Waals surface area contributed by atoms with Crippen molar-refractivity contribution in [3.63, 3.8) is 0 Å². The third-order valence-corrected chi connectivity index (χ3v) is 7.78. The molecule has 8 nitrogen and oxygen atoms in total. The van der Waals surface area contributed by atoms with Gasteiger partial charge in [0.25, 0.3) is 17.4 Å². The van der Waals surface area contributed by atoms with E-state index in [4.69, 9.17) is 11.6 Å². The highest BCUT2D eigenvalue weighted by Gasteiger charge is 2.36. The summed E-state index contributed by atoms with van der Waals surface area (Å²) in [5.74, 6) is -0.839. The van der Waals surface area contributed by atoms with Crippen LogP contribution < -0.4 is 16.2 Å². The molecule has 2 N–H and O–H groups in total. The molecular formula is C28H26BrClF3N5O3. The molecule has 2 heterocycles. The number of carbonyl (C=O) groups excluding carboxylic acids is 2. The molecule has 4 rings (SSSR count). The molecule has 0 saturated carbocycles. The highest BCUT2D eigenvalue weighted by Crippen LogP contribution is 2.36. The lowest BCUT2D eigenvalue weighted by atomic mass is 9.98. The van der Waals surface area contributed by atoms with E-state index in [9.17, 15) is 27.6 Å². The fourth-order valence-corrected chi connectivity index (χ4v) is 5.27. The standard InChI is InChI=1S/C28H26BrClF3N5O3/c1-5-14(2)35-27-36-22-13-37(25(40)17-6-8-20(29)19(11-17)28(31,32)33)15(3)10-18(22)26(41)38(27)23-9-7-16(12-21(23)30)24(39)34-4/h5-9,11-12,14-15H,1,10,13H2,2-4H3,(H,34,39)(H,35,36)/t14-,15+/m0/s1. The van der Waals surface area contributed by atoms with Crippen LogP contribution in [-0.2, 0) is 19.1 Å². The summed E-state index contributed by atoms with van der Waals surface area (Å²) < 4.78 is 41.6. The van der Waals surface area contributed by atoms with E-state index in [1.165, 1.54) is 40.8 Å². The van der Waals surface area contributed by atoms with E-state index in [1.807, 2.05) is 0 Å². The van der Waals surface area contributed by atoms with E-state index in [-0.39, 0.29) is 45.9 Å². The first-order chi connectivity index (χ1) is 19.3. The summed E-state index contributed by atoms with van der Waals surface area (Å²) in [6, 6.07) is 6.99. The Hall–Kier alpha value is -3.64. The van der Waals surface area contributed by atoms with Gasteiger partial charge in [0.05, 0.1) is 28.5 Å². The average Bonchev–Trinajstić information content (AvgIpc) is 2.92. The summed E-state index contributed by atoms with van der Waals surface area (Å²) >= 11 is 9.42. The SMILES string of the molecule is C=C[C@H](C)Nc1nc2c(c(=O)n1-c1ccc(C(=O)NC)cc1Cl)C[C@@H](C)N(C(=O)c1ccc(Br)c(C(F)(F)F)c1)C2. The number of nitrogens with one attached hydrogen (secondary N) is 2. The number of aromatic nitrogens is 2. The number of fused-ring (bicyclic) bond motifs is 1. The zero-order chi connectivity index (χ0) is 30.2. The van der Waals surface area contributed by atoms with Crippen LogP contribution in [0.15, 0.2) is 58.3 Å². The van der Waals surface area contributed by atoms with Crippen molar-refractivity contribution in [2.45, 2.75) is 45.1 Å². The van der Waals surface area contributed by atoms with Crippen LogP contribution >= 0.6 is 27.5 Å². The third kappa shape index (κ3) is 6.03. The first kappa shape index (κ1) is 30.3. The molecule has 13 heteroatoms. The minimum atomic E-state index is -4.65. The monoisotopic (exact) mass is 651 g/mol. The normalized spacial score (nSPS) is 15.6. The molecule has 0 spiro atoms. The maximum Gasteiger partial charge on any atom is 0.417 e.